The van der Waals surface area contributed by atoms with Gasteiger partial charge < -0.3 is 14.6 Å². The minimum atomic E-state index is -0.104. The Bertz CT molecular complexity index is 1010. The number of amides is 1. The fourth-order valence-electron chi connectivity index (χ4n) is 3.59. The number of halogens is 1. The largest absolute Gasteiger partial charge is 0.494 e. The molecule has 8 nitrogen and oxygen atoms in total. The third-order valence-electron chi connectivity index (χ3n) is 5.11. The van der Waals surface area contributed by atoms with Crippen LogP contribution in [-0.4, -0.2) is 45.6 Å². The lowest BCUT2D eigenvalue weighted by molar-refractivity contribution is -0.121. The summed E-state index contributed by atoms with van der Waals surface area (Å²) >= 11 is 3.35. The zero-order valence-corrected chi connectivity index (χ0v) is 18.8. The first kappa shape index (κ1) is 21.5. The molecule has 9 heteroatoms. The van der Waals surface area contributed by atoms with Gasteiger partial charge in [-0.15, -0.1) is 0 Å². The number of aromatic nitrogens is 3. The number of hydrogen-bond donors (Lipinski definition) is 1. The topological polar surface area (TPSA) is 93.4 Å². The van der Waals surface area contributed by atoms with Crippen molar-refractivity contribution in [3.63, 3.8) is 0 Å². The molecule has 162 valence electrons. The van der Waals surface area contributed by atoms with Crippen molar-refractivity contribution in [2.24, 2.45) is 5.92 Å². The standard InChI is InChI=1S/C22H24BrN5O3/c1-2-30-18-8-5-15(6-9-18)21-26-20(31-27-21)14-28-11-3-4-16(13-28)22(29)25-19-10-7-17(23)12-24-19/h5-10,12,16H,2-4,11,13-14H2,1H3,(H,24,25,29)/t16-/m1/s1. The lowest BCUT2D eigenvalue weighted by Crippen LogP contribution is -2.40. The molecule has 1 aliphatic rings. The molecule has 1 atom stereocenters. The van der Waals surface area contributed by atoms with E-state index < -0.39 is 0 Å². The maximum absolute atomic E-state index is 12.7. The summed E-state index contributed by atoms with van der Waals surface area (Å²) in [6, 6.07) is 11.2. The third kappa shape index (κ3) is 5.68. The van der Waals surface area contributed by atoms with E-state index in [9.17, 15) is 4.79 Å². The van der Waals surface area contributed by atoms with Crippen molar-refractivity contribution in [2.75, 3.05) is 25.0 Å². The Hall–Kier alpha value is -2.78. The van der Waals surface area contributed by atoms with Crippen molar-refractivity contribution in [2.45, 2.75) is 26.3 Å². The number of ether oxygens (including phenoxy) is 1. The van der Waals surface area contributed by atoms with Gasteiger partial charge in [0.2, 0.25) is 17.6 Å². The fourth-order valence-corrected chi connectivity index (χ4v) is 3.82. The van der Waals surface area contributed by atoms with Crippen molar-refractivity contribution < 1.29 is 14.1 Å². The Morgan fingerprint density at radius 3 is 2.87 bits per heavy atom. The van der Waals surface area contributed by atoms with Crippen LogP contribution in [0.5, 0.6) is 5.75 Å². The number of benzene rings is 1. The molecular formula is C22H24BrN5O3. The van der Waals surface area contributed by atoms with E-state index in [1.165, 1.54) is 0 Å². The second-order valence-electron chi connectivity index (χ2n) is 7.39. The molecule has 0 unspecified atom stereocenters. The Labute approximate surface area is 189 Å². The molecule has 1 aliphatic heterocycles. The second kappa shape index (κ2) is 10.0. The van der Waals surface area contributed by atoms with Crippen molar-refractivity contribution in [3.05, 3.63) is 53.0 Å². The van der Waals surface area contributed by atoms with Gasteiger partial charge in [-0.3, -0.25) is 9.69 Å². The van der Waals surface area contributed by atoms with Crippen LogP contribution in [0.4, 0.5) is 5.82 Å². The third-order valence-corrected chi connectivity index (χ3v) is 5.57. The first-order valence-electron chi connectivity index (χ1n) is 10.3. The second-order valence-corrected chi connectivity index (χ2v) is 8.31. The molecule has 3 aromatic rings. The lowest BCUT2D eigenvalue weighted by Gasteiger charge is -2.30. The number of nitrogens with zero attached hydrogens (tertiary/aromatic N) is 4. The Morgan fingerprint density at radius 2 is 2.13 bits per heavy atom. The average Bonchev–Trinajstić information content (AvgIpc) is 3.25. The summed E-state index contributed by atoms with van der Waals surface area (Å²) in [5.41, 5.74) is 0.872. The summed E-state index contributed by atoms with van der Waals surface area (Å²) < 4.78 is 11.8. The van der Waals surface area contributed by atoms with Gasteiger partial charge in [0.15, 0.2) is 0 Å². The fraction of sp³-hybridized carbons (Fsp3) is 0.364. The van der Waals surface area contributed by atoms with Crippen LogP contribution in [0.2, 0.25) is 0 Å². The van der Waals surface area contributed by atoms with Crippen molar-refractivity contribution >= 4 is 27.7 Å². The zero-order chi connectivity index (χ0) is 21.6. The minimum Gasteiger partial charge on any atom is -0.494 e. The molecule has 1 fully saturated rings. The summed E-state index contributed by atoms with van der Waals surface area (Å²) in [4.78, 5) is 23.6. The summed E-state index contributed by atoms with van der Waals surface area (Å²) in [5, 5.41) is 7.00. The summed E-state index contributed by atoms with van der Waals surface area (Å²) in [7, 11) is 0. The average molecular weight is 486 g/mol. The quantitative estimate of drug-likeness (QED) is 0.537. The van der Waals surface area contributed by atoms with E-state index in [0.29, 0.717) is 37.2 Å². The number of carbonyl (C=O) groups excluding carboxylic acids is 1. The number of hydrogen-bond acceptors (Lipinski definition) is 7. The number of anilines is 1. The van der Waals surface area contributed by atoms with E-state index >= 15 is 0 Å². The molecule has 1 N–H and O–H groups in total. The molecule has 0 spiro atoms. The number of carbonyl (C=O) groups is 1. The first-order chi connectivity index (χ1) is 15.1. The normalized spacial score (nSPS) is 16.8. The highest BCUT2D eigenvalue weighted by Crippen LogP contribution is 2.23. The van der Waals surface area contributed by atoms with Crippen LogP contribution in [0.15, 0.2) is 51.6 Å². The van der Waals surface area contributed by atoms with Gasteiger partial charge in [0.1, 0.15) is 11.6 Å². The molecule has 0 aliphatic carbocycles. The van der Waals surface area contributed by atoms with Gasteiger partial charge in [-0.25, -0.2) is 4.98 Å². The van der Waals surface area contributed by atoms with Crippen LogP contribution in [0.3, 0.4) is 0 Å². The first-order valence-corrected chi connectivity index (χ1v) is 11.1. The minimum absolute atomic E-state index is 0.0138. The SMILES string of the molecule is CCOc1ccc(-c2noc(CN3CCC[C@@H](C(=O)Nc4ccc(Br)cn4)C3)n2)cc1. The molecule has 1 amide bonds. The number of pyridine rings is 1. The molecule has 31 heavy (non-hydrogen) atoms. The van der Waals surface area contributed by atoms with Gasteiger partial charge in [0, 0.05) is 22.8 Å². The molecule has 1 aromatic carbocycles. The molecule has 3 heterocycles. The summed E-state index contributed by atoms with van der Waals surface area (Å²) in [5.74, 6) is 2.34. The van der Waals surface area contributed by atoms with E-state index in [0.717, 1.165) is 35.2 Å². The number of piperidine rings is 1. The van der Waals surface area contributed by atoms with Crippen molar-refractivity contribution in [1.29, 1.82) is 0 Å². The smallest absolute Gasteiger partial charge is 0.241 e. The lowest BCUT2D eigenvalue weighted by atomic mass is 9.97. The molecule has 4 rings (SSSR count). The molecule has 2 aromatic heterocycles. The van der Waals surface area contributed by atoms with Crippen LogP contribution in [0, 0.1) is 5.92 Å². The van der Waals surface area contributed by atoms with Gasteiger partial charge in [0.25, 0.3) is 0 Å². The molecule has 0 radical (unpaired) electrons. The molecule has 0 saturated carbocycles. The van der Waals surface area contributed by atoms with E-state index in [2.05, 4.69) is 41.3 Å². The highest BCUT2D eigenvalue weighted by Gasteiger charge is 2.27. The Kier molecular flexibility index (Phi) is 6.93. The van der Waals surface area contributed by atoms with Gasteiger partial charge in [0.05, 0.1) is 19.1 Å². The highest BCUT2D eigenvalue weighted by molar-refractivity contribution is 9.10. The maximum Gasteiger partial charge on any atom is 0.241 e. The Balaban J connectivity index is 1.34. The van der Waals surface area contributed by atoms with Crippen LogP contribution in [0.25, 0.3) is 11.4 Å². The van der Waals surface area contributed by atoms with Gasteiger partial charge >= 0.3 is 0 Å². The number of rotatable bonds is 7. The predicted molar refractivity (Wildman–Crippen MR) is 119 cm³/mol. The molecular weight excluding hydrogens is 462 g/mol. The van der Waals surface area contributed by atoms with E-state index in [4.69, 9.17) is 9.26 Å². The highest BCUT2D eigenvalue weighted by atomic mass is 79.9. The van der Waals surface area contributed by atoms with Crippen LogP contribution < -0.4 is 10.1 Å². The van der Waals surface area contributed by atoms with Crippen molar-refractivity contribution in [1.82, 2.24) is 20.0 Å². The predicted octanol–water partition coefficient (Wildman–Crippen LogP) is 4.14. The summed E-state index contributed by atoms with van der Waals surface area (Å²) in [6.07, 6.45) is 3.45. The monoisotopic (exact) mass is 485 g/mol. The van der Waals surface area contributed by atoms with E-state index in [1.807, 2.05) is 37.3 Å². The van der Waals surface area contributed by atoms with Gasteiger partial charge in [-0.05, 0) is 78.6 Å². The van der Waals surface area contributed by atoms with E-state index in [-0.39, 0.29) is 11.8 Å². The van der Waals surface area contributed by atoms with Gasteiger partial charge in [-0.1, -0.05) is 5.16 Å². The molecule has 0 bridgehead atoms. The van der Waals surface area contributed by atoms with Crippen LogP contribution >= 0.6 is 15.9 Å². The Morgan fingerprint density at radius 1 is 1.29 bits per heavy atom. The van der Waals surface area contributed by atoms with Crippen molar-refractivity contribution in [3.8, 4) is 17.1 Å². The van der Waals surface area contributed by atoms with Gasteiger partial charge in [-0.2, -0.15) is 4.98 Å². The number of nitrogens with one attached hydrogen (secondary N) is 1. The van der Waals surface area contributed by atoms with Crippen LogP contribution in [-0.2, 0) is 11.3 Å². The zero-order valence-electron chi connectivity index (χ0n) is 17.3. The number of likely N-dealkylation sites (tertiary alicyclic amines) is 1. The molecule has 1 saturated heterocycles. The van der Waals surface area contributed by atoms with Crippen LogP contribution in [0.1, 0.15) is 25.7 Å². The maximum atomic E-state index is 12.7. The summed E-state index contributed by atoms with van der Waals surface area (Å²) in [6.45, 7) is 4.63. The van der Waals surface area contributed by atoms with E-state index in [1.54, 1.807) is 12.3 Å².